The Kier molecular flexibility index (Phi) is 5.97. The zero-order chi connectivity index (χ0) is 21.1. The van der Waals surface area contributed by atoms with E-state index in [2.05, 4.69) is 26.0 Å². The molecule has 0 spiro atoms. The molecular formula is C20H18BrN3O5. The van der Waals surface area contributed by atoms with Crippen molar-refractivity contribution < 1.29 is 19.0 Å². The van der Waals surface area contributed by atoms with Crippen molar-refractivity contribution >= 4 is 39.0 Å². The van der Waals surface area contributed by atoms with Crippen LogP contribution in [-0.4, -0.2) is 36.1 Å². The summed E-state index contributed by atoms with van der Waals surface area (Å²) in [6.07, 6.45) is 1.47. The molecule has 0 amide bonds. The lowest BCUT2D eigenvalue weighted by molar-refractivity contribution is -0.132. The first-order chi connectivity index (χ1) is 13.8. The third-order valence-electron chi connectivity index (χ3n) is 4.02. The number of methoxy groups -OCH3 is 2. The van der Waals surface area contributed by atoms with Crippen LogP contribution >= 0.6 is 15.9 Å². The Morgan fingerprint density at radius 3 is 2.41 bits per heavy atom. The smallest absolute Gasteiger partial charge is 0.308 e. The number of aryl methyl sites for hydroxylation is 1. The third-order valence-corrected chi connectivity index (χ3v) is 4.51. The van der Waals surface area contributed by atoms with Crippen molar-refractivity contribution in [1.82, 2.24) is 9.66 Å². The Morgan fingerprint density at radius 2 is 1.83 bits per heavy atom. The molecule has 0 aliphatic rings. The molecule has 3 rings (SSSR count). The van der Waals surface area contributed by atoms with Gasteiger partial charge in [-0.2, -0.15) is 9.78 Å². The lowest BCUT2D eigenvalue weighted by atomic mass is 10.2. The predicted molar refractivity (Wildman–Crippen MR) is 112 cm³/mol. The molecule has 9 heteroatoms. The summed E-state index contributed by atoms with van der Waals surface area (Å²) in [5, 5.41) is 4.73. The van der Waals surface area contributed by atoms with E-state index in [0.717, 1.165) is 4.47 Å². The molecule has 0 fully saturated rings. The van der Waals surface area contributed by atoms with Gasteiger partial charge in [-0.05, 0) is 37.3 Å². The molecule has 29 heavy (non-hydrogen) atoms. The molecule has 0 saturated carbocycles. The number of carbonyl (C=O) groups is 1. The first-order valence-electron chi connectivity index (χ1n) is 8.51. The van der Waals surface area contributed by atoms with Crippen LogP contribution in [0.4, 0.5) is 0 Å². The van der Waals surface area contributed by atoms with Crippen LogP contribution in [0.3, 0.4) is 0 Å². The molecule has 1 aromatic heterocycles. The molecule has 0 saturated heterocycles. The summed E-state index contributed by atoms with van der Waals surface area (Å²) < 4.78 is 17.8. The Hall–Kier alpha value is -3.20. The second-order valence-electron chi connectivity index (χ2n) is 6.03. The number of rotatable bonds is 5. The molecule has 0 atom stereocenters. The molecule has 3 aromatic rings. The van der Waals surface area contributed by atoms with Crippen molar-refractivity contribution in [2.24, 2.45) is 5.10 Å². The van der Waals surface area contributed by atoms with E-state index in [9.17, 15) is 9.59 Å². The summed E-state index contributed by atoms with van der Waals surface area (Å²) >= 11 is 3.36. The van der Waals surface area contributed by atoms with E-state index in [1.54, 1.807) is 31.2 Å². The van der Waals surface area contributed by atoms with Crippen LogP contribution < -0.4 is 19.8 Å². The lowest BCUT2D eigenvalue weighted by Gasteiger charge is -2.13. The quantitative estimate of drug-likeness (QED) is 0.330. The normalized spacial score (nSPS) is 11.1. The van der Waals surface area contributed by atoms with Gasteiger partial charge in [0.15, 0.2) is 11.5 Å². The number of ether oxygens (including phenoxy) is 3. The molecule has 0 unspecified atom stereocenters. The van der Waals surface area contributed by atoms with Crippen LogP contribution in [0.1, 0.15) is 18.3 Å². The zero-order valence-electron chi connectivity index (χ0n) is 16.2. The summed E-state index contributed by atoms with van der Waals surface area (Å²) in [4.78, 5) is 28.6. The van der Waals surface area contributed by atoms with Crippen molar-refractivity contribution in [3.8, 4) is 17.2 Å². The van der Waals surface area contributed by atoms with E-state index in [0.29, 0.717) is 33.8 Å². The number of carbonyl (C=O) groups excluding carboxylic acids is 1. The van der Waals surface area contributed by atoms with E-state index in [4.69, 9.17) is 14.2 Å². The van der Waals surface area contributed by atoms with E-state index in [1.165, 1.54) is 32.0 Å². The fourth-order valence-corrected chi connectivity index (χ4v) is 3.10. The molecule has 1 heterocycles. The molecule has 0 bridgehead atoms. The van der Waals surface area contributed by atoms with Crippen molar-refractivity contribution in [2.45, 2.75) is 13.8 Å². The number of hydrogen-bond donors (Lipinski definition) is 0. The second kappa shape index (κ2) is 8.44. The number of hydrogen-bond acceptors (Lipinski definition) is 7. The van der Waals surface area contributed by atoms with Crippen LogP contribution in [-0.2, 0) is 4.79 Å². The van der Waals surface area contributed by atoms with Gasteiger partial charge in [0.25, 0.3) is 5.56 Å². The first-order valence-corrected chi connectivity index (χ1v) is 9.31. The van der Waals surface area contributed by atoms with Gasteiger partial charge in [-0.3, -0.25) is 9.59 Å². The Labute approximate surface area is 174 Å². The van der Waals surface area contributed by atoms with E-state index in [1.807, 2.05) is 6.07 Å². The van der Waals surface area contributed by atoms with Gasteiger partial charge < -0.3 is 14.2 Å². The highest BCUT2D eigenvalue weighted by atomic mass is 79.9. The Bertz CT molecular complexity index is 1160. The average molecular weight is 460 g/mol. The van der Waals surface area contributed by atoms with Gasteiger partial charge >= 0.3 is 5.97 Å². The predicted octanol–water partition coefficient (Wildman–Crippen LogP) is 3.29. The van der Waals surface area contributed by atoms with Gasteiger partial charge in [-0.1, -0.05) is 15.9 Å². The van der Waals surface area contributed by atoms with Gasteiger partial charge in [-0.15, -0.1) is 0 Å². The standard InChI is InChI=1S/C20H18BrN3O5/c1-11-23-16-6-5-14(21)9-15(16)20(26)24(11)22-10-13-7-17(27-3)19(29-12(2)25)18(8-13)28-4/h5-10H,1-4H3. The molecule has 0 aliphatic carbocycles. The monoisotopic (exact) mass is 459 g/mol. The van der Waals surface area contributed by atoms with Crippen molar-refractivity contribution in [1.29, 1.82) is 0 Å². The summed E-state index contributed by atoms with van der Waals surface area (Å²) in [5.74, 6) is 0.705. The first kappa shape index (κ1) is 20.5. The minimum atomic E-state index is -0.501. The van der Waals surface area contributed by atoms with Gasteiger partial charge in [-0.25, -0.2) is 4.98 Å². The Morgan fingerprint density at radius 1 is 1.17 bits per heavy atom. The minimum absolute atomic E-state index is 0.171. The van der Waals surface area contributed by atoms with Crippen LogP contribution in [0.5, 0.6) is 17.2 Å². The van der Waals surface area contributed by atoms with Gasteiger partial charge in [0, 0.05) is 17.0 Å². The number of esters is 1. The second-order valence-corrected chi connectivity index (χ2v) is 6.95. The van der Waals surface area contributed by atoms with E-state index >= 15 is 0 Å². The van der Waals surface area contributed by atoms with Crippen LogP contribution in [0.2, 0.25) is 0 Å². The average Bonchev–Trinajstić information content (AvgIpc) is 2.68. The van der Waals surface area contributed by atoms with Gasteiger partial charge in [0.2, 0.25) is 5.75 Å². The number of nitrogens with zero attached hydrogens (tertiary/aromatic N) is 3. The summed E-state index contributed by atoms with van der Waals surface area (Å²) in [6, 6.07) is 8.54. The number of aromatic nitrogens is 2. The van der Waals surface area contributed by atoms with Crippen LogP contribution in [0.25, 0.3) is 10.9 Å². The molecular weight excluding hydrogens is 442 g/mol. The van der Waals surface area contributed by atoms with E-state index < -0.39 is 5.97 Å². The molecule has 8 nitrogen and oxygen atoms in total. The van der Waals surface area contributed by atoms with E-state index in [-0.39, 0.29) is 11.3 Å². The van der Waals surface area contributed by atoms with Crippen molar-refractivity contribution in [3.05, 3.63) is 56.5 Å². The van der Waals surface area contributed by atoms with Crippen LogP contribution in [0, 0.1) is 6.92 Å². The highest BCUT2D eigenvalue weighted by Gasteiger charge is 2.16. The zero-order valence-corrected chi connectivity index (χ0v) is 17.8. The molecule has 2 aromatic carbocycles. The summed E-state index contributed by atoms with van der Waals surface area (Å²) in [5.41, 5.74) is 0.881. The molecule has 0 radical (unpaired) electrons. The SMILES string of the molecule is COc1cc(C=Nn2c(C)nc3ccc(Br)cc3c2=O)cc(OC)c1OC(C)=O. The summed E-state index contributed by atoms with van der Waals surface area (Å²) in [7, 11) is 2.89. The fraction of sp³-hybridized carbons (Fsp3) is 0.200. The van der Waals surface area contributed by atoms with Crippen molar-refractivity contribution in [2.75, 3.05) is 14.2 Å². The maximum absolute atomic E-state index is 12.8. The van der Waals surface area contributed by atoms with Gasteiger partial charge in [0.05, 0.1) is 31.3 Å². The van der Waals surface area contributed by atoms with Gasteiger partial charge in [0.1, 0.15) is 5.82 Å². The van der Waals surface area contributed by atoms with Crippen molar-refractivity contribution in [3.63, 3.8) is 0 Å². The maximum atomic E-state index is 12.8. The molecule has 150 valence electrons. The third kappa shape index (κ3) is 4.29. The maximum Gasteiger partial charge on any atom is 0.308 e. The summed E-state index contributed by atoms with van der Waals surface area (Å²) in [6.45, 7) is 2.99. The largest absolute Gasteiger partial charge is 0.493 e. The lowest BCUT2D eigenvalue weighted by Crippen LogP contribution is -2.20. The molecule has 0 N–H and O–H groups in total. The van der Waals surface area contributed by atoms with Crippen LogP contribution in [0.15, 0.2) is 44.7 Å². The minimum Gasteiger partial charge on any atom is -0.493 e. The topological polar surface area (TPSA) is 92.0 Å². The Balaban J connectivity index is 2.08. The number of benzene rings is 2. The number of fused-ring (bicyclic) bond motifs is 1. The highest BCUT2D eigenvalue weighted by Crippen LogP contribution is 2.38. The fourth-order valence-electron chi connectivity index (χ4n) is 2.74. The highest BCUT2D eigenvalue weighted by molar-refractivity contribution is 9.10. The molecule has 0 aliphatic heterocycles. The number of halogens is 1.